The first-order valence-electron chi connectivity index (χ1n) is 15.0. The molecule has 13 heteroatoms. The molecular formula is C31H46N4O7S2. The Morgan fingerprint density at radius 2 is 1.52 bits per heavy atom. The van der Waals surface area contributed by atoms with E-state index in [1.165, 1.54) is 31.3 Å². The Bertz CT molecular complexity index is 1510. The predicted octanol–water partition coefficient (Wildman–Crippen LogP) is 5.14. The van der Waals surface area contributed by atoms with E-state index < -0.39 is 31.4 Å². The molecule has 44 heavy (non-hydrogen) atoms. The van der Waals surface area contributed by atoms with Crippen molar-refractivity contribution in [3.63, 3.8) is 0 Å². The zero-order valence-electron chi connectivity index (χ0n) is 26.6. The van der Waals surface area contributed by atoms with Crippen LogP contribution in [0.15, 0.2) is 47.4 Å². The molecule has 0 saturated carbocycles. The van der Waals surface area contributed by atoms with E-state index in [4.69, 9.17) is 4.74 Å². The van der Waals surface area contributed by atoms with Crippen LogP contribution in [0.1, 0.15) is 70.2 Å². The average Bonchev–Trinajstić information content (AvgIpc) is 2.95. The second-order valence-corrected chi connectivity index (χ2v) is 16.2. The first-order valence-corrected chi connectivity index (χ1v) is 18.5. The molecule has 2 aromatic carbocycles. The summed E-state index contributed by atoms with van der Waals surface area (Å²) >= 11 is 0. The van der Waals surface area contributed by atoms with Gasteiger partial charge < -0.3 is 19.9 Å². The quantitative estimate of drug-likeness (QED) is 0.313. The molecule has 1 fully saturated rings. The van der Waals surface area contributed by atoms with Crippen LogP contribution in [0.4, 0.5) is 21.9 Å². The number of sulfonamides is 1. The number of rotatable bonds is 12. The molecule has 0 aliphatic carbocycles. The summed E-state index contributed by atoms with van der Waals surface area (Å²) in [6.45, 7) is 9.40. The Labute approximate surface area is 262 Å². The number of unbranched alkanes of at least 4 members (excludes halogenated alkanes) is 4. The minimum atomic E-state index is -3.67. The Kier molecular flexibility index (Phi) is 11.7. The van der Waals surface area contributed by atoms with Crippen LogP contribution in [0.5, 0.6) is 0 Å². The average molecular weight is 651 g/mol. The molecule has 1 aliphatic rings. The highest BCUT2D eigenvalue weighted by molar-refractivity contribution is 7.92. The smallest absolute Gasteiger partial charge is 0.410 e. The van der Waals surface area contributed by atoms with E-state index in [1.54, 1.807) is 23.1 Å². The standard InChI is InChI=1S/C31H46N4O7S2/c1-7-8-9-10-11-22-44(40,41)26-15-12-24(13-16-26)32-29(36)27-23-25(14-17-28(27)33(5)43(6,38)39)34-18-20-35(21-19-34)30(37)42-31(2,3)4/h12-17,23H,7-11,18-22H2,1-6H3,(H,32,36). The van der Waals surface area contributed by atoms with Crippen LogP contribution in [-0.2, 0) is 24.6 Å². The lowest BCUT2D eigenvalue weighted by Crippen LogP contribution is -2.50. The second kappa shape index (κ2) is 14.6. The van der Waals surface area contributed by atoms with Crippen molar-refractivity contribution >= 4 is 48.9 Å². The van der Waals surface area contributed by atoms with Gasteiger partial charge in [0.05, 0.1) is 28.2 Å². The fourth-order valence-corrected chi connectivity index (χ4v) is 6.67. The maximum absolute atomic E-state index is 13.5. The third-order valence-electron chi connectivity index (χ3n) is 7.35. The van der Waals surface area contributed by atoms with E-state index in [9.17, 15) is 26.4 Å². The van der Waals surface area contributed by atoms with Crippen LogP contribution in [0.3, 0.4) is 0 Å². The Hall–Kier alpha value is -3.32. The number of carbonyl (C=O) groups is 2. The monoisotopic (exact) mass is 650 g/mol. The van der Waals surface area contributed by atoms with Gasteiger partial charge >= 0.3 is 6.09 Å². The summed E-state index contributed by atoms with van der Waals surface area (Å²) in [4.78, 5) is 29.9. The van der Waals surface area contributed by atoms with E-state index in [2.05, 4.69) is 12.2 Å². The molecule has 244 valence electrons. The number of benzene rings is 2. The second-order valence-electron chi connectivity index (χ2n) is 12.1. The SMILES string of the molecule is CCCCCCCS(=O)(=O)c1ccc(NC(=O)c2cc(N3CCN(C(=O)OC(C)(C)C)CC3)ccc2N(C)S(C)(=O)=O)cc1. The minimum absolute atomic E-state index is 0.0719. The van der Waals surface area contributed by atoms with Gasteiger partial charge in [0.15, 0.2) is 9.84 Å². The fourth-order valence-electron chi connectivity index (χ4n) is 4.79. The Morgan fingerprint density at radius 1 is 0.909 bits per heavy atom. The normalized spacial score (nSPS) is 14.3. The van der Waals surface area contributed by atoms with Crippen molar-refractivity contribution in [1.82, 2.24) is 4.90 Å². The molecule has 2 aromatic rings. The van der Waals surface area contributed by atoms with Crippen LogP contribution in [-0.4, -0.2) is 84.6 Å². The molecule has 1 heterocycles. The van der Waals surface area contributed by atoms with E-state index in [0.29, 0.717) is 44.0 Å². The maximum atomic E-state index is 13.5. The molecule has 11 nitrogen and oxygen atoms in total. The van der Waals surface area contributed by atoms with Crippen molar-refractivity contribution in [3.05, 3.63) is 48.0 Å². The van der Waals surface area contributed by atoms with Crippen molar-refractivity contribution in [2.24, 2.45) is 0 Å². The van der Waals surface area contributed by atoms with Gasteiger partial charge in [-0.2, -0.15) is 0 Å². The zero-order valence-corrected chi connectivity index (χ0v) is 28.3. The number of ether oxygens (including phenoxy) is 1. The summed E-state index contributed by atoms with van der Waals surface area (Å²) in [7, 11) is -5.74. The summed E-state index contributed by atoms with van der Waals surface area (Å²) in [5, 5.41) is 2.78. The molecule has 0 atom stereocenters. The lowest BCUT2D eigenvalue weighted by atomic mass is 10.1. The van der Waals surface area contributed by atoms with Crippen molar-refractivity contribution in [2.45, 2.75) is 70.3 Å². The van der Waals surface area contributed by atoms with Gasteiger partial charge in [0.1, 0.15) is 5.60 Å². The summed E-state index contributed by atoms with van der Waals surface area (Å²) < 4.78 is 56.8. The van der Waals surface area contributed by atoms with E-state index >= 15 is 0 Å². The highest BCUT2D eigenvalue weighted by Crippen LogP contribution is 2.29. The first kappa shape index (κ1) is 35.2. The number of piperazine rings is 1. The van der Waals surface area contributed by atoms with E-state index in [1.807, 2.05) is 25.7 Å². The van der Waals surface area contributed by atoms with E-state index in [-0.39, 0.29) is 28.0 Å². The summed E-state index contributed by atoms with van der Waals surface area (Å²) in [5.74, 6) is -0.473. The predicted molar refractivity (Wildman–Crippen MR) is 175 cm³/mol. The molecule has 0 aromatic heterocycles. The van der Waals surface area contributed by atoms with Gasteiger partial charge in [0.25, 0.3) is 5.91 Å². The molecule has 0 unspecified atom stereocenters. The summed E-state index contributed by atoms with van der Waals surface area (Å²) in [6.07, 6.45) is 5.33. The number of amides is 2. The van der Waals surface area contributed by atoms with Gasteiger partial charge in [-0.3, -0.25) is 9.10 Å². The van der Waals surface area contributed by atoms with Crippen LogP contribution in [0.2, 0.25) is 0 Å². The molecule has 3 rings (SSSR count). The summed E-state index contributed by atoms with van der Waals surface area (Å²) in [6, 6.07) is 11.0. The fraction of sp³-hybridized carbons (Fsp3) is 0.548. The molecule has 1 saturated heterocycles. The number of hydrogen-bond donors (Lipinski definition) is 1. The van der Waals surface area contributed by atoms with Crippen LogP contribution >= 0.6 is 0 Å². The minimum Gasteiger partial charge on any atom is -0.444 e. The van der Waals surface area contributed by atoms with Crippen molar-refractivity contribution < 1.29 is 31.2 Å². The van der Waals surface area contributed by atoms with Crippen LogP contribution in [0, 0.1) is 0 Å². The lowest BCUT2D eigenvalue weighted by molar-refractivity contribution is 0.0240. The molecular weight excluding hydrogens is 604 g/mol. The van der Waals surface area contributed by atoms with Gasteiger partial charge in [-0.1, -0.05) is 32.6 Å². The highest BCUT2D eigenvalue weighted by Gasteiger charge is 2.27. The van der Waals surface area contributed by atoms with Gasteiger partial charge in [0, 0.05) is 44.6 Å². The van der Waals surface area contributed by atoms with Crippen molar-refractivity contribution in [3.8, 4) is 0 Å². The van der Waals surface area contributed by atoms with Gasteiger partial charge in [-0.25, -0.2) is 21.6 Å². The lowest BCUT2D eigenvalue weighted by Gasteiger charge is -2.37. The highest BCUT2D eigenvalue weighted by atomic mass is 32.2. The number of sulfone groups is 1. The number of nitrogens with one attached hydrogen (secondary N) is 1. The number of carbonyl (C=O) groups excluding carboxylic acids is 2. The molecule has 0 radical (unpaired) electrons. The Morgan fingerprint density at radius 3 is 2.09 bits per heavy atom. The van der Waals surface area contributed by atoms with Gasteiger partial charge in [-0.05, 0) is 69.7 Å². The van der Waals surface area contributed by atoms with Gasteiger partial charge in [0.2, 0.25) is 10.0 Å². The Balaban J connectivity index is 1.77. The maximum Gasteiger partial charge on any atom is 0.410 e. The summed E-state index contributed by atoms with van der Waals surface area (Å²) in [5.41, 5.74) is 0.809. The number of hydrogen-bond acceptors (Lipinski definition) is 8. The number of anilines is 3. The number of nitrogens with zero attached hydrogens (tertiary/aromatic N) is 3. The topological polar surface area (TPSA) is 133 Å². The molecule has 2 amide bonds. The molecule has 1 N–H and O–H groups in total. The first-order chi connectivity index (χ1) is 20.5. The van der Waals surface area contributed by atoms with Crippen molar-refractivity contribution in [2.75, 3.05) is 59.8 Å². The van der Waals surface area contributed by atoms with Crippen LogP contribution in [0.25, 0.3) is 0 Å². The molecule has 1 aliphatic heterocycles. The molecule has 0 bridgehead atoms. The van der Waals surface area contributed by atoms with Crippen molar-refractivity contribution in [1.29, 1.82) is 0 Å². The third-order valence-corrected chi connectivity index (χ3v) is 10.4. The largest absolute Gasteiger partial charge is 0.444 e. The van der Waals surface area contributed by atoms with E-state index in [0.717, 1.165) is 36.2 Å². The third kappa shape index (κ3) is 9.85. The molecule has 0 spiro atoms. The van der Waals surface area contributed by atoms with Gasteiger partial charge in [-0.15, -0.1) is 0 Å². The zero-order chi connectivity index (χ0) is 32.7. The van der Waals surface area contributed by atoms with Crippen LogP contribution < -0.4 is 14.5 Å².